The van der Waals surface area contributed by atoms with E-state index in [4.69, 9.17) is 14.6 Å². The Morgan fingerprint density at radius 2 is 1.59 bits per heavy atom. The minimum absolute atomic E-state index is 0.593. The minimum Gasteiger partial charge on any atom is -0.398 e. The van der Waals surface area contributed by atoms with Gasteiger partial charge >= 0.3 is 8.56 Å². The average molecular weight is 279 g/mol. The third-order valence-corrected chi connectivity index (χ3v) is 13.1. The molecule has 0 bridgehead atoms. The number of nitrogens with two attached hydrogens (primary N) is 1. The topological polar surface area (TPSA) is 56.5 Å². The fourth-order valence-electron chi connectivity index (χ4n) is 2.32. The molecule has 0 aromatic heterocycles. The summed E-state index contributed by atoms with van der Waals surface area (Å²) in [6.07, 6.45) is 1.13. The van der Waals surface area contributed by atoms with Crippen molar-refractivity contribution in [3.05, 3.63) is 0 Å². The quantitative estimate of drug-likeness (QED) is 0.496. The highest BCUT2D eigenvalue weighted by Crippen LogP contribution is 2.35. The Morgan fingerprint density at radius 1 is 1.06 bits per heavy atom. The van der Waals surface area contributed by atoms with Crippen molar-refractivity contribution < 1.29 is 8.85 Å². The van der Waals surface area contributed by atoms with E-state index < -0.39 is 16.6 Å². The Hall–Kier alpha value is 0.274. The third-order valence-electron chi connectivity index (χ3n) is 3.42. The van der Waals surface area contributed by atoms with Gasteiger partial charge in [0.15, 0.2) is 0 Å². The molecular formula is C11H30N2O2Si2. The maximum atomic E-state index is 5.73. The van der Waals surface area contributed by atoms with Crippen molar-refractivity contribution in [1.29, 1.82) is 0 Å². The van der Waals surface area contributed by atoms with Gasteiger partial charge in [-0.15, -0.1) is 0 Å². The molecule has 0 fully saturated rings. The lowest BCUT2D eigenvalue weighted by molar-refractivity contribution is 0.243. The van der Waals surface area contributed by atoms with Crippen molar-refractivity contribution in [3.8, 4) is 0 Å². The van der Waals surface area contributed by atoms with Crippen LogP contribution in [-0.2, 0) is 8.85 Å². The van der Waals surface area contributed by atoms with Gasteiger partial charge in [0.1, 0.15) is 0 Å². The fourth-order valence-corrected chi connectivity index (χ4v) is 11.7. The highest BCUT2D eigenvalue weighted by molar-refractivity contribution is 6.92. The Bertz CT molecular complexity index is 206. The van der Waals surface area contributed by atoms with E-state index in [1.165, 1.54) is 0 Å². The molecule has 0 amide bonds. The molecular weight excluding hydrogens is 248 g/mol. The Labute approximate surface area is 109 Å². The molecule has 0 saturated heterocycles. The second-order valence-electron chi connectivity index (χ2n) is 5.67. The first-order valence-electron chi connectivity index (χ1n) is 6.33. The minimum atomic E-state index is -2.03. The predicted octanol–water partition coefficient (Wildman–Crippen LogP) is 1.54. The number of hydrogen-bond acceptors (Lipinski definition) is 4. The van der Waals surface area contributed by atoms with Crippen LogP contribution >= 0.6 is 0 Å². The maximum Gasteiger partial charge on any atom is 0.334 e. The van der Waals surface area contributed by atoms with Crippen molar-refractivity contribution in [3.63, 3.8) is 0 Å². The standard InChI is InChI=1S/C11H30N2O2Si2/c1-14-17(6,15-2)11(16(3,4)5)7-9-13-10-8-12/h11,13H,7-10,12H2,1-6H3. The molecule has 104 valence electrons. The van der Waals surface area contributed by atoms with Crippen LogP contribution in [-0.4, -0.2) is 50.5 Å². The summed E-state index contributed by atoms with van der Waals surface area (Å²) in [5.41, 5.74) is 5.47. The summed E-state index contributed by atoms with van der Waals surface area (Å²) in [5, 5.41) is 3.96. The van der Waals surface area contributed by atoms with Crippen LogP contribution in [0.25, 0.3) is 0 Å². The van der Waals surface area contributed by atoms with Gasteiger partial charge in [0, 0.05) is 27.3 Å². The van der Waals surface area contributed by atoms with Crippen LogP contribution in [0.4, 0.5) is 0 Å². The summed E-state index contributed by atoms with van der Waals surface area (Å²) in [6, 6.07) is 0. The van der Waals surface area contributed by atoms with Gasteiger partial charge in [0.25, 0.3) is 0 Å². The van der Waals surface area contributed by atoms with Crippen molar-refractivity contribution in [2.24, 2.45) is 5.73 Å². The molecule has 1 unspecified atom stereocenters. The van der Waals surface area contributed by atoms with Gasteiger partial charge in [-0.25, -0.2) is 0 Å². The van der Waals surface area contributed by atoms with E-state index in [0.29, 0.717) is 11.7 Å². The fraction of sp³-hybridized carbons (Fsp3) is 1.00. The summed E-state index contributed by atoms with van der Waals surface area (Å²) in [6.45, 7) is 11.9. The van der Waals surface area contributed by atoms with E-state index in [1.807, 2.05) is 0 Å². The summed E-state index contributed by atoms with van der Waals surface area (Å²) in [7, 11) is 0.260. The van der Waals surface area contributed by atoms with Gasteiger partial charge in [-0.05, 0) is 24.7 Å². The predicted molar refractivity (Wildman–Crippen MR) is 79.3 cm³/mol. The first-order chi connectivity index (χ1) is 7.81. The van der Waals surface area contributed by atoms with E-state index in [9.17, 15) is 0 Å². The molecule has 0 radical (unpaired) electrons. The zero-order valence-electron chi connectivity index (χ0n) is 12.3. The van der Waals surface area contributed by atoms with Gasteiger partial charge in [-0.3, -0.25) is 0 Å². The number of rotatable bonds is 9. The lowest BCUT2D eigenvalue weighted by atomic mass is 10.4. The van der Waals surface area contributed by atoms with Gasteiger partial charge in [-0.1, -0.05) is 19.6 Å². The van der Waals surface area contributed by atoms with E-state index in [1.54, 1.807) is 14.2 Å². The van der Waals surface area contributed by atoms with Gasteiger partial charge < -0.3 is 19.9 Å². The molecule has 3 N–H and O–H groups in total. The lowest BCUT2D eigenvalue weighted by Crippen LogP contribution is -2.52. The van der Waals surface area contributed by atoms with E-state index in [-0.39, 0.29) is 0 Å². The van der Waals surface area contributed by atoms with Crippen LogP contribution < -0.4 is 11.1 Å². The second-order valence-corrected chi connectivity index (χ2v) is 15.2. The normalized spacial score (nSPS) is 15.0. The average Bonchev–Trinajstić information content (AvgIpc) is 2.26. The Kier molecular flexibility index (Phi) is 7.78. The number of nitrogens with one attached hydrogen (secondary N) is 1. The summed E-state index contributed by atoms with van der Waals surface area (Å²) in [4.78, 5) is 0. The smallest absolute Gasteiger partial charge is 0.334 e. The SMILES string of the molecule is CO[Si](C)(OC)C(CCNCCN)[Si](C)(C)C. The molecule has 1 atom stereocenters. The molecule has 0 saturated carbocycles. The summed E-state index contributed by atoms with van der Waals surface area (Å²) in [5.74, 6) is 0. The molecule has 0 aliphatic carbocycles. The largest absolute Gasteiger partial charge is 0.398 e. The zero-order valence-corrected chi connectivity index (χ0v) is 14.3. The first-order valence-corrected chi connectivity index (χ1v) is 12.3. The third kappa shape index (κ3) is 5.63. The highest BCUT2D eigenvalue weighted by Gasteiger charge is 2.46. The molecule has 17 heavy (non-hydrogen) atoms. The summed E-state index contributed by atoms with van der Waals surface area (Å²) >= 11 is 0. The molecule has 4 nitrogen and oxygen atoms in total. The van der Waals surface area contributed by atoms with Crippen LogP contribution in [0.2, 0.25) is 31.4 Å². The van der Waals surface area contributed by atoms with Crippen molar-refractivity contribution in [2.75, 3.05) is 33.9 Å². The molecule has 0 spiro atoms. The van der Waals surface area contributed by atoms with Crippen LogP contribution in [0.1, 0.15) is 6.42 Å². The van der Waals surface area contributed by atoms with Gasteiger partial charge in [0.05, 0.1) is 8.07 Å². The van der Waals surface area contributed by atoms with Gasteiger partial charge in [0.2, 0.25) is 0 Å². The monoisotopic (exact) mass is 278 g/mol. The molecule has 0 aliphatic heterocycles. The van der Waals surface area contributed by atoms with Crippen LogP contribution in [0.3, 0.4) is 0 Å². The Morgan fingerprint density at radius 3 is 1.94 bits per heavy atom. The molecule has 0 aromatic rings. The molecule has 6 heteroatoms. The van der Waals surface area contributed by atoms with E-state index >= 15 is 0 Å². The maximum absolute atomic E-state index is 5.73. The van der Waals surface area contributed by atoms with Crippen LogP contribution in [0.5, 0.6) is 0 Å². The molecule has 0 aliphatic rings. The molecule has 0 rings (SSSR count). The van der Waals surface area contributed by atoms with Crippen LogP contribution in [0, 0.1) is 0 Å². The Balaban J connectivity index is 4.55. The highest BCUT2D eigenvalue weighted by atomic mass is 28.4. The lowest BCUT2D eigenvalue weighted by Gasteiger charge is -2.39. The molecule has 0 heterocycles. The first kappa shape index (κ1) is 17.3. The van der Waals surface area contributed by atoms with Crippen molar-refractivity contribution in [1.82, 2.24) is 5.32 Å². The summed E-state index contributed by atoms with van der Waals surface area (Å²) < 4.78 is 11.5. The van der Waals surface area contributed by atoms with Gasteiger partial charge in [-0.2, -0.15) is 0 Å². The number of hydrogen-bond donors (Lipinski definition) is 2. The van der Waals surface area contributed by atoms with Crippen LogP contribution in [0.15, 0.2) is 0 Å². The zero-order chi connectivity index (χ0) is 13.5. The molecule has 0 aromatic carbocycles. The van der Waals surface area contributed by atoms with Crippen molar-refractivity contribution in [2.45, 2.75) is 37.8 Å². The van der Waals surface area contributed by atoms with E-state index in [2.05, 4.69) is 31.5 Å². The second kappa shape index (κ2) is 7.65. The van der Waals surface area contributed by atoms with E-state index in [0.717, 1.165) is 19.5 Å². The van der Waals surface area contributed by atoms with Crippen molar-refractivity contribution >= 4 is 16.6 Å².